The molecule has 8 heteroatoms. The van der Waals surface area contributed by atoms with Crippen LogP contribution < -0.4 is 5.56 Å². The van der Waals surface area contributed by atoms with Gasteiger partial charge in [0.1, 0.15) is 11.3 Å². The van der Waals surface area contributed by atoms with Gasteiger partial charge in [-0.2, -0.15) is 5.10 Å². The predicted octanol–water partition coefficient (Wildman–Crippen LogP) is 1.72. The number of carbonyl (C=O) groups is 1. The Labute approximate surface area is 149 Å². The van der Waals surface area contributed by atoms with Crippen LogP contribution in [0.15, 0.2) is 40.5 Å². The number of fused-ring (bicyclic) bond motifs is 1. The van der Waals surface area contributed by atoms with E-state index in [0.717, 1.165) is 5.71 Å². The van der Waals surface area contributed by atoms with Gasteiger partial charge in [-0.3, -0.25) is 4.79 Å². The van der Waals surface area contributed by atoms with Crippen molar-refractivity contribution < 1.29 is 19.1 Å². The molecule has 26 heavy (non-hydrogen) atoms. The second-order valence-corrected chi connectivity index (χ2v) is 5.90. The first-order valence-electron chi connectivity index (χ1n) is 8.06. The number of nitrogens with zero attached hydrogens (tertiary/aromatic N) is 3. The Morgan fingerprint density at radius 2 is 2.08 bits per heavy atom. The molecule has 0 amide bonds. The van der Waals surface area contributed by atoms with E-state index in [1.54, 1.807) is 24.3 Å². The number of hydrogen-bond donors (Lipinski definition) is 0. The number of methoxy groups -OCH3 is 2. The molecule has 0 spiro atoms. The van der Waals surface area contributed by atoms with Gasteiger partial charge in [-0.05, 0) is 13.0 Å². The van der Waals surface area contributed by atoms with Crippen molar-refractivity contribution in [2.45, 2.75) is 26.0 Å². The molecule has 0 aliphatic carbocycles. The van der Waals surface area contributed by atoms with Gasteiger partial charge >= 0.3 is 5.97 Å². The molecule has 2 aromatic rings. The number of esters is 1. The third kappa shape index (κ3) is 3.30. The number of carbonyl (C=O) groups excluding carboxylic acids is 1. The minimum Gasteiger partial charge on any atom is -0.503 e. The van der Waals surface area contributed by atoms with E-state index >= 15 is 0 Å². The first-order chi connectivity index (χ1) is 12.5. The first-order valence-corrected chi connectivity index (χ1v) is 8.06. The van der Waals surface area contributed by atoms with Crippen molar-refractivity contribution in [2.24, 2.45) is 5.16 Å². The lowest BCUT2D eigenvalue weighted by Gasteiger charge is -2.14. The highest BCUT2D eigenvalue weighted by Gasteiger charge is 2.24. The Morgan fingerprint density at radius 3 is 2.69 bits per heavy atom. The third-order valence-electron chi connectivity index (χ3n) is 4.02. The number of ether oxygens (including phenoxy) is 2. The zero-order chi connectivity index (χ0) is 18.7. The Bertz CT molecular complexity index is 961. The van der Waals surface area contributed by atoms with Gasteiger partial charge in [-0.1, -0.05) is 23.4 Å². The molecule has 0 N–H and O–H groups in total. The summed E-state index contributed by atoms with van der Waals surface area (Å²) in [6, 6.07) is 6.96. The number of benzene rings is 1. The van der Waals surface area contributed by atoms with Gasteiger partial charge in [-0.25, -0.2) is 9.48 Å². The molecule has 3 rings (SSSR count). The van der Waals surface area contributed by atoms with Crippen LogP contribution in [-0.4, -0.2) is 41.8 Å². The van der Waals surface area contributed by atoms with Crippen LogP contribution in [-0.2, 0) is 25.7 Å². The van der Waals surface area contributed by atoms with Crippen LogP contribution in [0, 0.1) is 0 Å². The van der Waals surface area contributed by atoms with Crippen molar-refractivity contribution in [1.82, 2.24) is 9.78 Å². The fourth-order valence-electron chi connectivity index (χ4n) is 2.85. The summed E-state index contributed by atoms with van der Waals surface area (Å²) in [6.45, 7) is 2.08. The standard InChI is InChI=1S/C18H19N3O5/c1-11-8-12(26-20-11)9-21-17(22)14-7-5-4-6-13(14)16(19-21)15(10-24-2)18(23)25-3/h4-7,10,12H,8-9H2,1-3H3/b15-10-. The lowest BCUT2D eigenvalue weighted by Crippen LogP contribution is -2.30. The maximum Gasteiger partial charge on any atom is 0.343 e. The van der Waals surface area contributed by atoms with E-state index in [1.165, 1.54) is 25.2 Å². The van der Waals surface area contributed by atoms with Crippen LogP contribution in [0.25, 0.3) is 16.3 Å². The van der Waals surface area contributed by atoms with Gasteiger partial charge in [-0.15, -0.1) is 0 Å². The molecule has 8 nitrogen and oxygen atoms in total. The van der Waals surface area contributed by atoms with Crippen LogP contribution in [0.4, 0.5) is 0 Å². The fraction of sp³-hybridized carbons (Fsp3) is 0.333. The van der Waals surface area contributed by atoms with E-state index in [4.69, 9.17) is 14.3 Å². The summed E-state index contributed by atoms with van der Waals surface area (Å²) < 4.78 is 11.1. The molecule has 0 bridgehead atoms. The molecule has 1 aromatic carbocycles. The molecule has 0 saturated heterocycles. The van der Waals surface area contributed by atoms with Gasteiger partial charge in [0.15, 0.2) is 6.10 Å². The van der Waals surface area contributed by atoms with Crippen molar-refractivity contribution in [3.63, 3.8) is 0 Å². The number of aromatic nitrogens is 2. The van der Waals surface area contributed by atoms with E-state index in [9.17, 15) is 9.59 Å². The molecular formula is C18H19N3O5. The van der Waals surface area contributed by atoms with E-state index in [1.807, 2.05) is 6.92 Å². The first kappa shape index (κ1) is 17.7. The second kappa shape index (κ2) is 7.38. The molecule has 2 heterocycles. The lowest BCUT2D eigenvalue weighted by molar-refractivity contribution is -0.133. The van der Waals surface area contributed by atoms with E-state index in [-0.39, 0.29) is 23.8 Å². The summed E-state index contributed by atoms with van der Waals surface area (Å²) in [7, 11) is 2.70. The van der Waals surface area contributed by atoms with Crippen LogP contribution in [0.5, 0.6) is 0 Å². The number of oxime groups is 1. The molecule has 0 fully saturated rings. The van der Waals surface area contributed by atoms with Crippen LogP contribution in [0.1, 0.15) is 19.0 Å². The minimum atomic E-state index is -0.606. The predicted molar refractivity (Wildman–Crippen MR) is 95.6 cm³/mol. The number of hydrogen-bond acceptors (Lipinski definition) is 7. The highest BCUT2D eigenvalue weighted by atomic mass is 16.6. The average molecular weight is 357 g/mol. The van der Waals surface area contributed by atoms with Crippen molar-refractivity contribution in [3.05, 3.63) is 46.6 Å². The van der Waals surface area contributed by atoms with Gasteiger partial charge in [0.05, 0.1) is 38.1 Å². The van der Waals surface area contributed by atoms with E-state index in [2.05, 4.69) is 10.3 Å². The van der Waals surface area contributed by atoms with Crippen molar-refractivity contribution in [1.29, 1.82) is 0 Å². The van der Waals surface area contributed by atoms with E-state index in [0.29, 0.717) is 22.9 Å². The molecule has 1 aliphatic heterocycles. The van der Waals surface area contributed by atoms with Crippen LogP contribution >= 0.6 is 0 Å². The molecular weight excluding hydrogens is 338 g/mol. The molecule has 0 saturated carbocycles. The largest absolute Gasteiger partial charge is 0.503 e. The molecule has 136 valence electrons. The Morgan fingerprint density at radius 1 is 1.35 bits per heavy atom. The molecule has 1 aromatic heterocycles. The summed E-state index contributed by atoms with van der Waals surface area (Å²) >= 11 is 0. The summed E-state index contributed by atoms with van der Waals surface area (Å²) in [5.41, 5.74) is 1.03. The monoisotopic (exact) mass is 357 g/mol. The summed E-state index contributed by atoms with van der Waals surface area (Å²) in [4.78, 5) is 30.3. The topological polar surface area (TPSA) is 92.0 Å². The average Bonchev–Trinajstić information content (AvgIpc) is 3.06. The normalized spacial score (nSPS) is 17.0. The van der Waals surface area contributed by atoms with E-state index < -0.39 is 5.97 Å². The Balaban J connectivity index is 2.15. The van der Waals surface area contributed by atoms with Gasteiger partial charge in [0.2, 0.25) is 0 Å². The zero-order valence-corrected chi connectivity index (χ0v) is 14.8. The molecule has 1 atom stereocenters. The van der Waals surface area contributed by atoms with Gasteiger partial charge in [0, 0.05) is 11.8 Å². The minimum absolute atomic E-state index is 0.125. The molecule has 1 aliphatic rings. The zero-order valence-electron chi connectivity index (χ0n) is 14.8. The fourth-order valence-corrected chi connectivity index (χ4v) is 2.85. The summed E-state index contributed by atoms with van der Waals surface area (Å²) in [6.07, 6.45) is 1.60. The van der Waals surface area contributed by atoms with Crippen LogP contribution in [0.3, 0.4) is 0 Å². The highest BCUT2D eigenvalue weighted by molar-refractivity contribution is 6.18. The lowest BCUT2D eigenvalue weighted by atomic mass is 10.1. The third-order valence-corrected chi connectivity index (χ3v) is 4.02. The van der Waals surface area contributed by atoms with Gasteiger partial charge < -0.3 is 14.3 Å². The Kier molecular flexibility index (Phi) is 5.01. The highest BCUT2D eigenvalue weighted by Crippen LogP contribution is 2.22. The van der Waals surface area contributed by atoms with Gasteiger partial charge in [0.25, 0.3) is 5.56 Å². The van der Waals surface area contributed by atoms with Crippen molar-refractivity contribution in [3.8, 4) is 0 Å². The smallest absolute Gasteiger partial charge is 0.343 e. The maximum atomic E-state index is 12.8. The number of rotatable bonds is 5. The SMILES string of the molecule is CO/C=C(\C(=O)OC)c1nn(CC2CC(C)=NO2)c(=O)c2ccccc12. The maximum absolute atomic E-state index is 12.8. The molecule has 0 radical (unpaired) electrons. The van der Waals surface area contributed by atoms with Crippen LogP contribution in [0.2, 0.25) is 0 Å². The molecule has 1 unspecified atom stereocenters. The summed E-state index contributed by atoms with van der Waals surface area (Å²) in [5.74, 6) is -0.606. The second-order valence-electron chi connectivity index (χ2n) is 5.90. The van der Waals surface area contributed by atoms with Crippen molar-refractivity contribution >= 4 is 28.0 Å². The quantitative estimate of drug-likeness (QED) is 0.460. The summed E-state index contributed by atoms with van der Waals surface area (Å²) in [5, 5.41) is 9.29. The van der Waals surface area contributed by atoms with Crippen molar-refractivity contribution in [2.75, 3.05) is 14.2 Å². The Hall–Kier alpha value is -3.16.